The van der Waals surface area contributed by atoms with Crippen molar-refractivity contribution in [2.75, 3.05) is 13.2 Å². The van der Waals surface area contributed by atoms with Crippen molar-refractivity contribution >= 4 is 17.4 Å². The second kappa shape index (κ2) is 7.19. The van der Waals surface area contributed by atoms with E-state index in [4.69, 9.17) is 5.11 Å². The smallest absolute Gasteiger partial charge is 0.327 e. The zero-order valence-electron chi connectivity index (χ0n) is 4.97. The highest BCUT2D eigenvalue weighted by molar-refractivity contribution is 7.17. The third-order valence-electron chi connectivity index (χ3n) is 0.639. The molecule has 1 N–H and O–H groups in total. The summed E-state index contributed by atoms with van der Waals surface area (Å²) in [6.45, 7) is -0.193. The molecule has 0 aromatic rings. The minimum Gasteiger partial charge on any atom is -0.388 e. The number of rotatable bonds is 6. The summed E-state index contributed by atoms with van der Waals surface area (Å²) in [4.78, 5) is 0. The number of aliphatic hydroxyl groups is 1. The van der Waals surface area contributed by atoms with E-state index in [0.717, 1.165) is 0 Å². The molecule has 0 aromatic heterocycles. The van der Waals surface area contributed by atoms with E-state index in [1.54, 1.807) is 0 Å². The fourth-order valence-corrected chi connectivity index (χ4v) is 0.747. The van der Waals surface area contributed by atoms with Gasteiger partial charge in [-0.05, 0) is 0 Å². The van der Waals surface area contributed by atoms with Crippen LogP contribution < -0.4 is 0 Å². The van der Waals surface area contributed by atoms with E-state index in [1.807, 2.05) is 0 Å². The van der Waals surface area contributed by atoms with Crippen LogP contribution in [0, 0.1) is 0 Å². The Morgan fingerprint density at radius 3 is 1.90 bits per heavy atom. The van der Waals surface area contributed by atoms with E-state index >= 15 is 0 Å². The van der Waals surface area contributed by atoms with Gasteiger partial charge in [-0.2, -0.15) is 0 Å². The number of aliphatic hydroxyl groups excluding tert-OH is 1. The molecule has 0 bridgehead atoms. The number of hydrogen-bond donors (Lipinski definition) is 1. The van der Waals surface area contributed by atoms with Crippen molar-refractivity contribution in [2.45, 2.75) is 6.10 Å². The first-order valence-electron chi connectivity index (χ1n) is 2.38. The summed E-state index contributed by atoms with van der Waals surface area (Å²) in [6.07, 6.45) is -0.886. The number of hydrogen-bond acceptors (Lipinski definition) is 5. The van der Waals surface area contributed by atoms with Crippen LogP contribution in [0.1, 0.15) is 0 Å². The van der Waals surface area contributed by atoms with Crippen LogP contribution in [-0.2, 0) is 18.2 Å². The first-order valence-corrected chi connectivity index (χ1v) is 3.84. The second-order valence-electron chi connectivity index (χ2n) is 1.39. The maximum atomic E-state index is 9.64. The monoisotopic (exact) mass is 184 g/mol. The van der Waals surface area contributed by atoms with Gasteiger partial charge >= 0.3 is 17.4 Å². The lowest BCUT2D eigenvalue weighted by Gasteiger charge is -2.03. The summed E-state index contributed by atoms with van der Waals surface area (Å²) in [6, 6.07) is 0. The molecule has 0 amide bonds. The third-order valence-corrected chi connectivity index (χ3v) is 1.15. The van der Waals surface area contributed by atoms with Crippen LogP contribution in [-0.4, -0.2) is 24.4 Å². The second-order valence-corrected chi connectivity index (χ2v) is 2.21. The molecule has 0 spiro atoms. The van der Waals surface area contributed by atoms with Gasteiger partial charge in [-0.3, -0.25) is 9.05 Å². The maximum Gasteiger partial charge on any atom is 0.327 e. The lowest BCUT2D eigenvalue weighted by atomic mass is 10.4. The topological polar surface area (TPSA) is 72.8 Å². The fraction of sp³-hybridized carbons (Fsp3) is 1.00. The zero-order chi connectivity index (χ0) is 7.82. The molecule has 7 heteroatoms. The van der Waals surface area contributed by atoms with E-state index < -0.39 is 23.5 Å². The molecule has 10 heavy (non-hydrogen) atoms. The first kappa shape index (κ1) is 10.1. The zero-order valence-corrected chi connectivity index (χ0v) is 6.76. The molecule has 0 aliphatic carbocycles. The molecule has 0 aromatic carbocycles. The molecule has 0 aliphatic rings. The predicted molar refractivity (Wildman–Crippen MR) is 33.1 cm³/mol. The lowest BCUT2D eigenvalue weighted by Crippen LogP contribution is -2.17. The Labute approximate surface area is 60.9 Å². The summed E-state index contributed by atoms with van der Waals surface area (Å²) in [5.74, 6) is 0. The Kier molecular flexibility index (Phi) is 7.25. The van der Waals surface area contributed by atoms with Crippen LogP contribution in [0.2, 0.25) is 0 Å². The first-order chi connectivity index (χ1) is 4.81. The van der Waals surface area contributed by atoms with E-state index in [9.17, 15) is 9.13 Å². The minimum absolute atomic E-state index is 0.0967. The van der Waals surface area contributed by atoms with Gasteiger partial charge in [0.25, 0.3) is 0 Å². The molecule has 0 heterocycles. The van der Waals surface area contributed by atoms with Crippen molar-refractivity contribution in [3.8, 4) is 0 Å². The Balaban J connectivity index is 3.15. The van der Waals surface area contributed by atoms with Crippen LogP contribution >= 0.6 is 17.4 Å². The molecule has 58 valence electrons. The van der Waals surface area contributed by atoms with Gasteiger partial charge in [0, 0.05) is 0 Å². The molecule has 0 unspecified atom stereocenters. The van der Waals surface area contributed by atoms with E-state index in [2.05, 4.69) is 9.05 Å². The van der Waals surface area contributed by atoms with Crippen molar-refractivity contribution in [2.24, 2.45) is 0 Å². The average molecular weight is 184 g/mol. The van der Waals surface area contributed by atoms with Gasteiger partial charge in [-0.25, -0.2) is 9.13 Å². The van der Waals surface area contributed by atoms with Gasteiger partial charge in [-0.15, -0.1) is 0 Å². The largest absolute Gasteiger partial charge is 0.388 e. The lowest BCUT2D eigenvalue weighted by molar-refractivity contribution is 0.0718. The van der Waals surface area contributed by atoms with Crippen LogP contribution in [0.3, 0.4) is 0 Å². The van der Waals surface area contributed by atoms with E-state index in [1.165, 1.54) is 0 Å². The molecule has 0 saturated carbocycles. The molecule has 0 fully saturated rings. The quantitative estimate of drug-likeness (QED) is 0.617. The van der Waals surface area contributed by atoms with E-state index in [-0.39, 0.29) is 13.2 Å². The molecule has 0 saturated heterocycles. The highest BCUT2D eigenvalue weighted by Gasteiger charge is 2.03. The van der Waals surface area contributed by atoms with Gasteiger partial charge in [0.15, 0.2) is 0 Å². The predicted octanol–water partition coefficient (Wildman–Crippen LogP) is 0.794. The Morgan fingerprint density at radius 2 is 1.60 bits per heavy atom. The van der Waals surface area contributed by atoms with Crippen molar-refractivity contribution in [1.82, 2.24) is 0 Å². The van der Waals surface area contributed by atoms with Gasteiger partial charge in [0.2, 0.25) is 0 Å². The minimum atomic E-state index is -0.886. The summed E-state index contributed by atoms with van der Waals surface area (Å²) in [7, 11) is -0.973. The van der Waals surface area contributed by atoms with Crippen molar-refractivity contribution in [3.05, 3.63) is 0 Å². The molecular weight excluding hydrogens is 178 g/mol. The molecule has 0 radical (unpaired) electrons. The third kappa shape index (κ3) is 6.20. The fourth-order valence-electron chi connectivity index (χ4n) is 0.281. The summed E-state index contributed by atoms with van der Waals surface area (Å²) in [5, 5.41) is 8.77. The molecule has 5 nitrogen and oxygen atoms in total. The van der Waals surface area contributed by atoms with Gasteiger partial charge < -0.3 is 5.11 Å². The van der Waals surface area contributed by atoms with Crippen LogP contribution in [0.25, 0.3) is 0 Å². The van der Waals surface area contributed by atoms with Crippen molar-refractivity contribution < 1.29 is 23.3 Å². The van der Waals surface area contributed by atoms with E-state index in [0.29, 0.717) is 0 Å². The summed E-state index contributed by atoms with van der Waals surface area (Å²) >= 11 is 0. The van der Waals surface area contributed by atoms with Gasteiger partial charge in [-0.1, -0.05) is 0 Å². The molecular formula is C3H6O5P2. The Morgan fingerprint density at radius 1 is 1.20 bits per heavy atom. The Hall–Kier alpha value is 0.0800. The SMILES string of the molecule is O=POCC(O)COP=O. The summed E-state index contributed by atoms with van der Waals surface area (Å²) < 4.78 is 27.8. The summed E-state index contributed by atoms with van der Waals surface area (Å²) in [5.41, 5.74) is 0. The normalized spacial score (nSPS) is 14.1. The maximum absolute atomic E-state index is 9.64. The van der Waals surface area contributed by atoms with Gasteiger partial charge in [0.05, 0.1) is 13.2 Å². The van der Waals surface area contributed by atoms with Crippen LogP contribution in [0.5, 0.6) is 0 Å². The molecule has 0 aliphatic heterocycles. The van der Waals surface area contributed by atoms with Crippen LogP contribution in [0.15, 0.2) is 0 Å². The molecule has 0 atom stereocenters. The highest BCUT2D eigenvalue weighted by Crippen LogP contribution is 2.00. The van der Waals surface area contributed by atoms with Gasteiger partial charge in [0.1, 0.15) is 6.10 Å². The molecule has 0 rings (SSSR count). The highest BCUT2D eigenvalue weighted by atomic mass is 31.1. The van der Waals surface area contributed by atoms with Crippen molar-refractivity contribution in [1.29, 1.82) is 0 Å². The Bertz CT molecular complexity index is 95.1. The standard InChI is InChI=1S/C3H6O5P2/c4-3(1-7-9-5)2-8-10-6/h3-4H,1-2H2. The average Bonchev–Trinajstić information content (AvgIpc) is 1.97. The van der Waals surface area contributed by atoms with Crippen LogP contribution in [0.4, 0.5) is 0 Å². The van der Waals surface area contributed by atoms with Crippen molar-refractivity contribution in [3.63, 3.8) is 0 Å².